The van der Waals surface area contributed by atoms with Gasteiger partial charge in [0.1, 0.15) is 5.82 Å². The molecule has 4 rings (SSSR count). The number of aromatic nitrogens is 2. The molecule has 0 N–H and O–H groups in total. The monoisotopic (exact) mass is 473 g/mol. The van der Waals surface area contributed by atoms with Crippen molar-refractivity contribution in [3.05, 3.63) is 105 Å². The topological polar surface area (TPSA) is 55.2 Å². The molecule has 0 spiro atoms. The smallest absolute Gasteiger partial charge is 0.266 e. The number of aryl methyl sites for hydroxylation is 1. The van der Waals surface area contributed by atoms with E-state index in [9.17, 15) is 9.59 Å². The minimum absolute atomic E-state index is 0.154. The van der Waals surface area contributed by atoms with Crippen LogP contribution >= 0.6 is 11.6 Å². The van der Waals surface area contributed by atoms with Crippen LogP contribution in [0.4, 0.5) is 0 Å². The first-order valence-electron chi connectivity index (χ1n) is 11.6. The predicted octanol–water partition coefficient (Wildman–Crippen LogP) is 6.21. The average Bonchev–Trinajstić information content (AvgIpc) is 2.87. The van der Waals surface area contributed by atoms with Gasteiger partial charge in [-0.2, -0.15) is 0 Å². The molecule has 1 unspecified atom stereocenters. The summed E-state index contributed by atoms with van der Waals surface area (Å²) in [4.78, 5) is 33.9. The average molecular weight is 474 g/mol. The highest BCUT2D eigenvalue weighted by Crippen LogP contribution is 2.27. The highest BCUT2D eigenvalue weighted by Gasteiger charge is 2.28. The lowest BCUT2D eigenvalue weighted by Gasteiger charge is -2.30. The van der Waals surface area contributed by atoms with Crippen molar-refractivity contribution < 1.29 is 4.79 Å². The van der Waals surface area contributed by atoms with Crippen LogP contribution in [-0.4, -0.2) is 26.9 Å². The highest BCUT2D eigenvalue weighted by molar-refractivity contribution is 6.33. The SMILES string of the molecule is CCCN(C(=O)c1ccccc1Cl)C(C)c1nc2ccccc2c(=O)n1-c1ccc(CC)cc1. The third-order valence-corrected chi connectivity index (χ3v) is 6.40. The van der Waals surface area contributed by atoms with E-state index in [-0.39, 0.29) is 11.5 Å². The van der Waals surface area contributed by atoms with Crippen LogP contribution in [0.5, 0.6) is 0 Å². The maximum absolute atomic E-state index is 13.7. The summed E-state index contributed by atoms with van der Waals surface area (Å²) < 4.78 is 1.63. The number of benzene rings is 3. The van der Waals surface area contributed by atoms with Gasteiger partial charge in [0.2, 0.25) is 0 Å². The number of hydrogen-bond donors (Lipinski definition) is 0. The molecule has 1 aromatic heterocycles. The van der Waals surface area contributed by atoms with Crippen LogP contribution in [0.15, 0.2) is 77.6 Å². The Bertz CT molecular complexity index is 1380. The van der Waals surface area contributed by atoms with Gasteiger partial charge in [0, 0.05) is 6.54 Å². The lowest BCUT2D eigenvalue weighted by Crippen LogP contribution is -2.38. The summed E-state index contributed by atoms with van der Waals surface area (Å²) in [6.45, 7) is 6.53. The van der Waals surface area contributed by atoms with Crippen molar-refractivity contribution in [1.82, 2.24) is 14.5 Å². The maximum Gasteiger partial charge on any atom is 0.266 e. The van der Waals surface area contributed by atoms with Crippen LogP contribution in [0.25, 0.3) is 16.6 Å². The number of fused-ring (bicyclic) bond motifs is 1. The fourth-order valence-corrected chi connectivity index (χ4v) is 4.42. The van der Waals surface area contributed by atoms with Crippen LogP contribution in [0.2, 0.25) is 5.02 Å². The van der Waals surface area contributed by atoms with Gasteiger partial charge in [-0.3, -0.25) is 14.2 Å². The second-order valence-corrected chi connectivity index (χ2v) is 8.71. The third kappa shape index (κ3) is 4.48. The fourth-order valence-electron chi connectivity index (χ4n) is 4.20. The zero-order valence-corrected chi connectivity index (χ0v) is 20.4. The van der Waals surface area contributed by atoms with Gasteiger partial charge in [-0.25, -0.2) is 4.98 Å². The van der Waals surface area contributed by atoms with E-state index in [4.69, 9.17) is 16.6 Å². The maximum atomic E-state index is 13.7. The Hall–Kier alpha value is -3.44. The van der Waals surface area contributed by atoms with E-state index in [1.807, 2.05) is 56.3 Å². The molecular weight excluding hydrogens is 446 g/mol. The summed E-state index contributed by atoms with van der Waals surface area (Å²) in [6, 6.07) is 21.8. The molecule has 0 radical (unpaired) electrons. The molecule has 0 aliphatic heterocycles. The molecule has 34 heavy (non-hydrogen) atoms. The number of amides is 1. The molecule has 1 amide bonds. The molecule has 6 heteroatoms. The third-order valence-electron chi connectivity index (χ3n) is 6.08. The number of carbonyl (C=O) groups is 1. The predicted molar refractivity (Wildman–Crippen MR) is 138 cm³/mol. The summed E-state index contributed by atoms with van der Waals surface area (Å²) >= 11 is 6.35. The Morgan fingerprint density at radius 3 is 2.35 bits per heavy atom. The van der Waals surface area contributed by atoms with Crippen molar-refractivity contribution in [2.24, 2.45) is 0 Å². The van der Waals surface area contributed by atoms with E-state index in [2.05, 4.69) is 6.92 Å². The molecule has 174 valence electrons. The van der Waals surface area contributed by atoms with Crippen LogP contribution in [0.1, 0.15) is 55.0 Å². The van der Waals surface area contributed by atoms with E-state index in [1.165, 1.54) is 5.56 Å². The van der Waals surface area contributed by atoms with E-state index in [1.54, 1.807) is 39.8 Å². The summed E-state index contributed by atoms with van der Waals surface area (Å²) in [6.07, 6.45) is 1.66. The minimum Gasteiger partial charge on any atom is -0.329 e. The molecule has 0 aliphatic rings. The number of nitrogens with zero attached hydrogens (tertiary/aromatic N) is 3. The van der Waals surface area contributed by atoms with Gasteiger partial charge in [0.25, 0.3) is 11.5 Å². The molecule has 0 bridgehead atoms. The fraction of sp³-hybridized carbons (Fsp3) is 0.250. The first kappa shape index (κ1) is 23.7. The first-order valence-corrected chi connectivity index (χ1v) is 12.0. The van der Waals surface area contributed by atoms with E-state index >= 15 is 0 Å². The van der Waals surface area contributed by atoms with Gasteiger partial charge in [-0.1, -0.05) is 61.8 Å². The molecule has 0 fully saturated rings. The van der Waals surface area contributed by atoms with Crippen molar-refractivity contribution in [2.45, 2.75) is 39.7 Å². The zero-order valence-electron chi connectivity index (χ0n) is 19.7. The normalized spacial score (nSPS) is 12.0. The van der Waals surface area contributed by atoms with E-state index in [0.29, 0.717) is 33.9 Å². The largest absolute Gasteiger partial charge is 0.329 e. The zero-order chi connectivity index (χ0) is 24.2. The molecule has 0 aliphatic carbocycles. The quantitative estimate of drug-likeness (QED) is 0.320. The summed E-state index contributed by atoms with van der Waals surface area (Å²) in [7, 11) is 0. The Morgan fingerprint density at radius 1 is 1.00 bits per heavy atom. The lowest BCUT2D eigenvalue weighted by molar-refractivity contribution is 0.0681. The van der Waals surface area contributed by atoms with Crippen LogP contribution in [0.3, 0.4) is 0 Å². The number of carbonyl (C=O) groups excluding carboxylic acids is 1. The Morgan fingerprint density at radius 2 is 1.68 bits per heavy atom. The Kier molecular flexibility index (Phi) is 7.13. The van der Waals surface area contributed by atoms with Crippen molar-refractivity contribution in [3.63, 3.8) is 0 Å². The molecule has 5 nitrogen and oxygen atoms in total. The molecule has 0 saturated carbocycles. The van der Waals surface area contributed by atoms with Crippen LogP contribution in [-0.2, 0) is 6.42 Å². The van der Waals surface area contributed by atoms with E-state index < -0.39 is 6.04 Å². The van der Waals surface area contributed by atoms with Crippen molar-refractivity contribution >= 4 is 28.4 Å². The van der Waals surface area contributed by atoms with Crippen molar-refractivity contribution in [1.29, 1.82) is 0 Å². The standard InChI is InChI=1S/C28H28ClN3O2/c1-4-18-31(27(33)22-10-6-8-12-24(22)29)19(3)26-30-25-13-9-7-11-23(25)28(34)32(26)21-16-14-20(5-2)15-17-21/h6-17,19H,4-5,18H2,1-3H3. The molecule has 0 saturated heterocycles. The lowest BCUT2D eigenvalue weighted by atomic mass is 10.1. The van der Waals surface area contributed by atoms with Gasteiger partial charge in [-0.15, -0.1) is 0 Å². The van der Waals surface area contributed by atoms with Gasteiger partial charge in [0.05, 0.1) is 33.2 Å². The number of halogens is 1. The first-order chi connectivity index (χ1) is 16.5. The second-order valence-electron chi connectivity index (χ2n) is 8.30. The molecule has 3 aromatic carbocycles. The second kappa shape index (κ2) is 10.2. The van der Waals surface area contributed by atoms with Crippen molar-refractivity contribution in [2.75, 3.05) is 6.54 Å². The van der Waals surface area contributed by atoms with Gasteiger partial charge in [-0.05, 0) is 61.7 Å². The Labute approximate surface area is 204 Å². The number of hydrogen-bond acceptors (Lipinski definition) is 3. The molecular formula is C28H28ClN3O2. The number of rotatable bonds is 7. The number of para-hydroxylation sites is 1. The minimum atomic E-state index is -0.466. The van der Waals surface area contributed by atoms with E-state index in [0.717, 1.165) is 18.5 Å². The summed E-state index contributed by atoms with van der Waals surface area (Å²) in [5.41, 5.74) is 2.80. The van der Waals surface area contributed by atoms with Gasteiger partial charge in [0.15, 0.2) is 0 Å². The van der Waals surface area contributed by atoms with Gasteiger partial charge < -0.3 is 4.90 Å². The Balaban J connectivity index is 1.91. The molecule has 4 aromatic rings. The van der Waals surface area contributed by atoms with Gasteiger partial charge >= 0.3 is 0 Å². The van der Waals surface area contributed by atoms with Crippen molar-refractivity contribution in [3.8, 4) is 5.69 Å². The highest BCUT2D eigenvalue weighted by atomic mass is 35.5. The molecule has 1 heterocycles. The van der Waals surface area contributed by atoms with Crippen LogP contribution < -0.4 is 5.56 Å². The summed E-state index contributed by atoms with van der Waals surface area (Å²) in [5, 5.41) is 0.942. The van der Waals surface area contributed by atoms with Crippen LogP contribution in [0, 0.1) is 0 Å². The summed E-state index contributed by atoms with van der Waals surface area (Å²) in [5.74, 6) is 0.331. The molecule has 1 atom stereocenters.